The lowest BCUT2D eigenvalue weighted by Gasteiger charge is -2.24. The van der Waals surface area contributed by atoms with Gasteiger partial charge in [-0.15, -0.1) is 0 Å². The molecule has 0 spiro atoms. The molecule has 1 aromatic rings. The second kappa shape index (κ2) is 5.38. The van der Waals surface area contributed by atoms with Crippen molar-refractivity contribution in [3.63, 3.8) is 0 Å². The van der Waals surface area contributed by atoms with Crippen molar-refractivity contribution in [3.05, 3.63) is 39.4 Å². The van der Waals surface area contributed by atoms with Crippen LogP contribution >= 0.6 is 0 Å². The molecular formula is C14H18N2O3. The van der Waals surface area contributed by atoms with Crippen molar-refractivity contribution < 1.29 is 9.72 Å². The molecule has 1 fully saturated rings. The van der Waals surface area contributed by atoms with E-state index in [2.05, 4.69) is 0 Å². The molecule has 19 heavy (non-hydrogen) atoms. The number of rotatable bonds is 3. The van der Waals surface area contributed by atoms with Crippen molar-refractivity contribution in [1.29, 1.82) is 0 Å². The Balaban J connectivity index is 2.19. The zero-order chi connectivity index (χ0) is 14.0. The van der Waals surface area contributed by atoms with E-state index >= 15 is 0 Å². The molecule has 0 N–H and O–H groups in total. The Morgan fingerprint density at radius 3 is 2.53 bits per heavy atom. The topological polar surface area (TPSA) is 63.5 Å². The summed E-state index contributed by atoms with van der Waals surface area (Å²) in [4.78, 5) is 24.4. The zero-order valence-electron chi connectivity index (χ0n) is 11.3. The smallest absolute Gasteiger partial charge is 0.272 e. The molecule has 1 saturated carbocycles. The van der Waals surface area contributed by atoms with Gasteiger partial charge in [0.05, 0.1) is 4.92 Å². The molecule has 0 aromatic heterocycles. The molecule has 1 aliphatic rings. The fourth-order valence-electron chi connectivity index (χ4n) is 2.65. The molecule has 0 unspecified atom stereocenters. The highest BCUT2D eigenvalue weighted by atomic mass is 16.6. The largest absolute Gasteiger partial charge is 0.339 e. The summed E-state index contributed by atoms with van der Waals surface area (Å²) in [5.41, 5.74) is 1.10. The van der Waals surface area contributed by atoms with Crippen LogP contribution in [0.3, 0.4) is 0 Å². The standard InChI is InChI=1S/C14H18N2O3/c1-10-9-11(7-8-13(10)16(18)19)14(17)15(2)12-5-3-4-6-12/h7-9,12H,3-6H2,1-2H3. The molecule has 5 nitrogen and oxygen atoms in total. The second-order valence-corrected chi connectivity index (χ2v) is 5.11. The van der Waals surface area contributed by atoms with Crippen molar-refractivity contribution >= 4 is 11.6 Å². The lowest BCUT2D eigenvalue weighted by molar-refractivity contribution is -0.385. The predicted molar refractivity (Wildman–Crippen MR) is 72.2 cm³/mol. The number of nitro groups is 1. The number of hydrogen-bond acceptors (Lipinski definition) is 3. The number of benzene rings is 1. The third-order valence-electron chi connectivity index (χ3n) is 3.83. The van der Waals surface area contributed by atoms with Gasteiger partial charge < -0.3 is 4.90 Å². The molecule has 0 bridgehead atoms. The van der Waals surface area contributed by atoms with Gasteiger partial charge in [0.1, 0.15) is 0 Å². The number of carbonyl (C=O) groups is 1. The van der Waals surface area contributed by atoms with E-state index in [1.54, 1.807) is 24.0 Å². The van der Waals surface area contributed by atoms with Crippen molar-refractivity contribution in [1.82, 2.24) is 4.90 Å². The summed E-state index contributed by atoms with van der Waals surface area (Å²) in [6.07, 6.45) is 4.44. The lowest BCUT2D eigenvalue weighted by Crippen LogP contribution is -2.35. The minimum absolute atomic E-state index is 0.0510. The molecule has 0 atom stereocenters. The van der Waals surface area contributed by atoms with E-state index in [0.717, 1.165) is 12.8 Å². The van der Waals surface area contributed by atoms with Gasteiger partial charge in [0.25, 0.3) is 11.6 Å². The van der Waals surface area contributed by atoms with Gasteiger partial charge in [-0.25, -0.2) is 0 Å². The summed E-state index contributed by atoms with van der Waals surface area (Å²) in [6.45, 7) is 1.66. The minimum atomic E-state index is -0.426. The maximum Gasteiger partial charge on any atom is 0.272 e. The number of carbonyl (C=O) groups excluding carboxylic acids is 1. The Kier molecular flexibility index (Phi) is 3.83. The number of hydrogen-bond donors (Lipinski definition) is 0. The highest BCUT2D eigenvalue weighted by molar-refractivity contribution is 5.94. The summed E-state index contributed by atoms with van der Waals surface area (Å²) in [7, 11) is 1.81. The highest BCUT2D eigenvalue weighted by Crippen LogP contribution is 2.25. The summed E-state index contributed by atoms with van der Waals surface area (Å²) in [6, 6.07) is 4.86. The Morgan fingerprint density at radius 2 is 2.00 bits per heavy atom. The van der Waals surface area contributed by atoms with Gasteiger partial charge in [0.2, 0.25) is 0 Å². The number of nitro benzene ring substituents is 1. The predicted octanol–water partition coefficient (Wildman–Crippen LogP) is 2.92. The van der Waals surface area contributed by atoms with Crippen LogP contribution in [0.2, 0.25) is 0 Å². The Hall–Kier alpha value is -1.91. The summed E-state index contributed by atoms with van der Waals surface area (Å²) < 4.78 is 0. The van der Waals surface area contributed by atoms with Crippen molar-refractivity contribution in [3.8, 4) is 0 Å². The van der Waals surface area contributed by atoms with Crippen LogP contribution in [0.15, 0.2) is 18.2 Å². The van der Waals surface area contributed by atoms with Gasteiger partial charge in [-0.2, -0.15) is 0 Å². The Morgan fingerprint density at radius 1 is 1.37 bits per heavy atom. The third-order valence-corrected chi connectivity index (χ3v) is 3.83. The SMILES string of the molecule is Cc1cc(C(=O)N(C)C2CCCC2)ccc1[N+](=O)[O-]. The fourth-order valence-corrected chi connectivity index (χ4v) is 2.65. The van der Waals surface area contributed by atoms with Gasteiger partial charge in [-0.1, -0.05) is 12.8 Å². The normalized spacial score (nSPS) is 15.5. The highest BCUT2D eigenvalue weighted by Gasteiger charge is 2.25. The van der Waals surface area contributed by atoms with E-state index in [4.69, 9.17) is 0 Å². The quantitative estimate of drug-likeness (QED) is 0.621. The first-order valence-corrected chi connectivity index (χ1v) is 6.53. The van der Waals surface area contributed by atoms with E-state index in [9.17, 15) is 14.9 Å². The summed E-state index contributed by atoms with van der Waals surface area (Å²) in [5.74, 6) is -0.0510. The van der Waals surface area contributed by atoms with Crippen LogP contribution in [0.5, 0.6) is 0 Å². The van der Waals surface area contributed by atoms with Gasteiger partial charge in [0.15, 0.2) is 0 Å². The van der Waals surface area contributed by atoms with Crippen molar-refractivity contribution in [2.45, 2.75) is 38.6 Å². The maximum absolute atomic E-state index is 12.3. The molecule has 5 heteroatoms. The van der Waals surface area contributed by atoms with Crippen LogP contribution in [0.25, 0.3) is 0 Å². The van der Waals surface area contributed by atoms with E-state index < -0.39 is 4.92 Å². The van der Waals surface area contributed by atoms with Gasteiger partial charge in [-0.05, 0) is 31.9 Å². The molecule has 0 heterocycles. The maximum atomic E-state index is 12.3. The van der Waals surface area contributed by atoms with E-state index in [0.29, 0.717) is 17.2 Å². The molecular weight excluding hydrogens is 244 g/mol. The average molecular weight is 262 g/mol. The molecule has 0 aliphatic heterocycles. The summed E-state index contributed by atoms with van der Waals surface area (Å²) >= 11 is 0. The first-order valence-electron chi connectivity index (χ1n) is 6.53. The molecule has 0 radical (unpaired) electrons. The molecule has 1 aromatic carbocycles. The second-order valence-electron chi connectivity index (χ2n) is 5.11. The molecule has 1 aliphatic carbocycles. The average Bonchev–Trinajstić information content (AvgIpc) is 2.90. The Bertz CT molecular complexity index is 507. The fraction of sp³-hybridized carbons (Fsp3) is 0.500. The molecule has 102 valence electrons. The molecule has 0 saturated heterocycles. The lowest BCUT2D eigenvalue weighted by atomic mass is 10.1. The van der Waals surface area contributed by atoms with Crippen LogP contribution in [0.4, 0.5) is 5.69 Å². The van der Waals surface area contributed by atoms with Crippen LogP contribution in [0.1, 0.15) is 41.6 Å². The molecule has 2 rings (SSSR count). The van der Waals surface area contributed by atoms with E-state index in [1.807, 2.05) is 7.05 Å². The van der Waals surface area contributed by atoms with Crippen LogP contribution < -0.4 is 0 Å². The van der Waals surface area contributed by atoms with Crippen molar-refractivity contribution in [2.24, 2.45) is 0 Å². The van der Waals surface area contributed by atoms with Gasteiger partial charge in [-0.3, -0.25) is 14.9 Å². The van der Waals surface area contributed by atoms with Crippen molar-refractivity contribution in [2.75, 3.05) is 7.05 Å². The van der Waals surface area contributed by atoms with Crippen LogP contribution in [-0.2, 0) is 0 Å². The zero-order valence-corrected chi connectivity index (χ0v) is 11.3. The van der Waals surface area contributed by atoms with Gasteiger partial charge >= 0.3 is 0 Å². The van der Waals surface area contributed by atoms with Gasteiger partial charge in [0, 0.05) is 30.3 Å². The number of aryl methyl sites for hydroxylation is 1. The molecule has 1 amide bonds. The Labute approximate surface area is 112 Å². The summed E-state index contributed by atoms with van der Waals surface area (Å²) in [5, 5.41) is 10.8. The minimum Gasteiger partial charge on any atom is -0.339 e. The third kappa shape index (κ3) is 2.75. The number of nitrogens with zero attached hydrogens (tertiary/aromatic N) is 2. The van der Waals surface area contributed by atoms with E-state index in [1.165, 1.54) is 18.9 Å². The number of amides is 1. The van der Waals surface area contributed by atoms with E-state index in [-0.39, 0.29) is 11.6 Å². The van der Waals surface area contributed by atoms with Crippen LogP contribution in [0, 0.1) is 17.0 Å². The first kappa shape index (κ1) is 13.5. The monoisotopic (exact) mass is 262 g/mol. The van der Waals surface area contributed by atoms with Crippen LogP contribution in [-0.4, -0.2) is 28.8 Å². The first-order chi connectivity index (χ1) is 9.00.